The van der Waals surface area contributed by atoms with Gasteiger partial charge in [-0.05, 0) is 29.7 Å². The van der Waals surface area contributed by atoms with Crippen LogP contribution in [-0.4, -0.2) is 23.1 Å². The summed E-state index contributed by atoms with van der Waals surface area (Å²) in [5.41, 5.74) is 5.28. The molecule has 3 nitrogen and oxygen atoms in total. The summed E-state index contributed by atoms with van der Waals surface area (Å²) in [6.45, 7) is 7.39. The number of nitrogens with one attached hydrogen (secondary N) is 1. The summed E-state index contributed by atoms with van der Waals surface area (Å²) in [7, 11) is 0. The van der Waals surface area contributed by atoms with E-state index in [1.54, 1.807) is 0 Å². The Labute approximate surface area is 130 Å². The summed E-state index contributed by atoms with van der Waals surface area (Å²) < 4.78 is 5.98. The Balaban J connectivity index is 2.08. The highest BCUT2D eigenvalue weighted by molar-refractivity contribution is 8.00. The zero-order valence-corrected chi connectivity index (χ0v) is 13.9. The van der Waals surface area contributed by atoms with Crippen LogP contribution in [0.1, 0.15) is 31.9 Å². The molecule has 1 aliphatic heterocycles. The summed E-state index contributed by atoms with van der Waals surface area (Å²) in [5.74, 6) is 7.67. The first kappa shape index (κ1) is 16.0. The Hall–Kier alpha value is -0.420. The van der Waals surface area contributed by atoms with Crippen molar-refractivity contribution in [2.24, 2.45) is 5.84 Å². The fourth-order valence-corrected chi connectivity index (χ4v) is 3.46. The van der Waals surface area contributed by atoms with Crippen LogP contribution in [0.5, 0.6) is 5.75 Å². The van der Waals surface area contributed by atoms with E-state index in [0.717, 1.165) is 41.5 Å². The smallest absolute Gasteiger partial charge is 0.125 e. The molecule has 0 saturated carbocycles. The van der Waals surface area contributed by atoms with Crippen molar-refractivity contribution < 1.29 is 4.74 Å². The van der Waals surface area contributed by atoms with Gasteiger partial charge < -0.3 is 4.74 Å². The highest BCUT2D eigenvalue weighted by Gasteiger charge is 2.21. The highest BCUT2D eigenvalue weighted by atomic mass is 35.5. The van der Waals surface area contributed by atoms with E-state index in [-0.39, 0.29) is 10.8 Å². The summed E-state index contributed by atoms with van der Waals surface area (Å²) in [4.78, 5) is 0. The minimum absolute atomic E-state index is 0.214. The van der Waals surface area contributed by atoms with Crippen LogP contribution in [0.2, 0.25) is 5.02 Å². The topological polar surface area (TPSA) is 47.3 Å². The summed E-state index contributed by atoms with van der Waals surface area (Å²) in [6.07, 6.45) is 1.78. The zero-order chi connectivity index (χ0) is 14.8. The number of halogens is 1. The lowest BCUT2D eigenvalue weighted by Gasteiger charge is -2.23. The van der Waals surface area contributed by atoms with Gasteiger partial charge in [0.1, 0.15) is 5.75 Å². The molecule has 0 spiro atoms. The van der Waals surface area contributed by atoms with Gasteiger partial charge in [-0.3, -0.25) is 11.3 Å². The first-order valence-corrected chi connectivity index (χ1v) is 8.29. The lowest BCUT2D eigenvalue weighted by atomic mass is 10.0. The minimum atomic E-state index is 0.214. The largest absolute Gasteiger partial charge is 0.493 e. The molecule has 0 saturated heterocycles. The first-order valence-electron chi connectivity index (χ1n) is 6.93. The number of hydrazine groups is 1. The third-order valence-electron chi connectivity index (χ3n) is 3.24. The van der Waals surface area contributed by atoms with Gasteiger partial charge in [-0.25, -0.2) is 0 Å². The molecule has 0 bridgehead atoms. The van der Waals surface area contributed by atoms with Crippen LogP contribution in [0, 0.1) is 0 Å². The third kappa shape index (κ3) is 4.29. The van der Waals surface area contributed by atoms with E-state index < -0.39 is 0 Å². The molecular weight excluding hydrogens is 292 g/mol. The summed E-state index contributed by atoms with van der Waals surface area (Å²) in [6, 6.07) is 4.21. The molecule has 20 heavy (non-hydrogen) atoms. The van der Waals surface area contributed by atoms with Crippen molar-refractivity contribution in [3.63, 3.8) is 0 Å². The van der Waals surface area contributed by atoms with Gasteiger partial charge in [0, 0.05) is 28.0 Å². The van der Waals surface area contributed by atoms with Gasteiger partial charge in [-0.15, -0.1) is 0 Å². The normalized spacial score (nSPS) is 15.8. The predicted octanol–water partition coefficient (Wildman–Crippen LogP) is 3.18. The van der Waals surface area contributed by atoms with E-state index in [0.29, 0.717) is 0 Å². The van der Waals surface area contributed by atoms with Crippen LogP contribution >= 0.6 is 23.4 Å². The molecule has 3 N–H and O–H groups in total. The molecule has 112 valence electrons. The van der Waals surface area contributed by atoms with Gasteiger partial charge in [-0.2, -0.15) is 11.8 Å². The fourth-order valence-electron chi connectivity index (χ4n) is 2.28. The first-order chi connectivity index (χ1) is 9.39. The highest BCUT2D eigenvalue weighted by Crippen LogP contribution is 2.34. The zero-order valence-electron chi connectivity index (χ0n) is 12.3. The lowest BCUT2D eigenvalue weighted by molar-refractivity contribution is 0.352. The molecule has 1 aromatic carbocycles. The van der Waals surface area contributed by atoms with E-state index >= 15 is 0 Å². The Bertz CT molecular complexity index is 474. The molecular formula is C15H23ClN2OS. The Morgan fingerprint density at radius 3 is 2.85 bits per heavy atom. The Morgan fingerprint density at radius 1 is 1.45 bits per heavy atom. The number of rotatable bonds is 5. The summed E-state index contributed by atoms with van der Waals surface area (Å²) >= 11 is 8.10. The van der Waals surface area contributed by atoms with Gasteiger partial charge in [-0.1, -0.05) is 32.4 Å². The molecule has 5 heteroatoms. The van der Waals surface area contributed by atoms with E-state index in [4.69, 9.17) is 22.2 Å². The van der Waals surface area contributed by atoms with Gasteiger partial charge in [0.2, 0.25) is 0 Å². The number of hydrogen-bond donors (Lipinski definition) is 2. The number of nitrogens with two attached hydrogens (primary N) is 1. The van der Waals surface area contributed by atoms with E-state index in [9.17, 15) is 0 Å². The maximum atomic E-state index is 6.19. The number of benzene rings is 1. The average Bonchev–Trinajstić information content (AvgIpc) is 2.81. The van der Waals surface area contributed by atoms with Gasteiger partial charge in [0.25, 0.3) is 0 Å². The van der Waals surface area contributed by atoms with E-state index in [1.165, 1.54) is 5.56 Å². The molecule has 1 atom stereocenters. The molecule has 1 heterocycles. The molecule has 0 aliphatic carbocycles. The third-order valence-corrected chi connectivity index (χ3v) is 4.90. The molecule has 1 aromatic rings. The Morgan fingerprint density at radius 2 is 2.20 bits per heavy atom. The van der Waals surface area contributed by atoms with Crippen molar-refractivity contribution in [2.45, 2.75) is 44.4 Å². The molecule has 1 aliphatic rings. The van der Waals surface area contributed by atoms with Crippen molar-refractivity contribution >= 4 is 23.4 Å². The number of fused-ring (bicyclic) bond motifs is 1. The van der Waals surface area contributed by atoms with Crippen LogP contribution in [0.25, 0.3) is 0 Å². The van der Waals surface area contributed by atoms with Crippen molar-refractivity contribution in [3.05, 3.63) is 28.3 Å². The van der Waals surface area contributed by atoms with E-state index in [1.807, 2.05) is 23.9 Å². The standard InChI is InChI=1S/C15H23ClN2OS/c1-15(2,3)20-9-13(18-17)8-11-7-12(16)6-10-4-5-19-14(10)11/h6-7,13,18H,4-5,8-9,17H2,1-3H3. The van der Waals surface area contributed by atoms with Crippen LogP contribution in [0.15, 0.2) is 12.1 Å². The molecule has 0 fully saturated rings. The van der Waals surface area contributed by atoms with Gasteiger partial charge in [0.05, 0.1) is 6.61 Å². The monoisotopic (exact) mass is 314 g/mol. The van der Waals surface area contributed by atoms with Crippen molar-refractivity contribution in [3.8, 4) is 5.75 Å². The van der Waals surface area contributed by atoms with Crippen molar-refractivity contribution in [1.29, 1.82) is 0 Å². The fraction of sp³-hybridized carbons (Fsp3) is 0.600. The quantitative estimate of drug-likeness (QED) is 0.647. The minimum Gasteiger partial charge on any atom is -0.493 e. The lowest BCUT2D eigenvalue weighted by Crippen LogP contribution is -2.39. The van der Waals surface area contributed by atoms with Gasteiger partial charge >= 0.3 is 0 Å². The van der Waals surface area contributed by atoms with Crippen LogP contribution in [0.4, 0.5) is 0 Å². The van der Waals surface area contributed by atoms with Crippen LogP contribution < -0.4 is 16.0 Å². The molecule has 2 rings (SSSR count). The average molecular weight is 315 g/mol. The number of thioether (sulfide) groups is 1. The molecule has 0 radical (unpaired) electrons. The Kier molecular flexibility index (Phi) is 5.24. The van der Waals surface area contributed by atoms with Gasteiger partial charge in [0.15, 0.2) is 0 Å². The molecule has 0 aromatic heterocycles. The number of ether oxygens (including phenoxy) is 1. The SMILES string of the molecule is CC(C)(C)SCC(Cc1cc(Cl)cc2c1OCC2)NN. The number of hydrogen-bond acceptors (Lipinski definition) is 4. The van der Waals surface area contributed by atoms with E-state index in [2.05, 4.69) is 26.2 Å². The van der Waals surface area contributed by atoms with Crippen molar-refractivity contribution in [2.75, 3.05) is 12.4 Å². The van der Waals surface area contributed by atoms with Crippen molar-refractivity contribution in [1.82, 2.24) is 5.43 Å². The van der Waals surface area contributed by atoms with Crippen LogP contribution in [-0.2, 0) is 12.8 Å². The predicted molar refractivity (Wildman–Crippen MR) is 87.7 cm³/mol. The maximum Gasteiger partial charge on any atom is 0.125 e. The maximum absolute atomic E-state index is 6.19. The molecule has 1 unspecified atom stereocenters. The van der Waals surface area contributed by atoms with Crippen LogP contribution in [0.3, 0.4) is 0 Å². The second kappa shape index (κ2) is 6.56. The summed E-state index contributed by atoms with van der Waals surface area (Å²) in [5, 5.41) is 0.781. The second-order valence-electron chi connectivity index (χ2n) is 6.14. The second-order valence-corrected chi connectivity index (χ2v) is 8.43. The molecule has 0 amide bonds.